The molecule has 204 valence electrons. The van der Waals surface area contributed by atoms with Crippen LogP contribution in [0.2, 0.25) is 0 Å². The molecule has 11 heteroatoms. The van der Waals surface area contributed by atoms with Gasteiger partial charge in [0.2, 0.25) is 0 Å². The molecule has 1 aliphatic carbocycles. The molecule has 1 aromatic heterocycles. The van der Waals surface area contributed by atoms with Crippen LogP contribution in [0, 0.1) is 5.92 Å². The zero-order valence-corrected chi connectivity index (χ0v) is 20.9. The topological polar surface area (TPSA) is 68.5 Å². The molecule has 37 heavy (non-hydrogen) atoms. The first-order valence-corrected chi connectivity index (χ1v) is 11.5. The number of halogens is 6. The molecule has 2 aliphatic rings. The lowest BCUT2D eigenvalue weighted by Crippen LogP contribution is -2.32. The third kappa shape index (κ3) is 7.62. The Morgan fingerprint density at radius 3 is 2.19 bits per heavy atom. The van der Waals surface area contributed by atoms with E-state index >= 15 is 0 Å². The summed E-state index contributed by atoms with van der Waals surface area (Å²) in [5, 5.41) is 0. The summed E-state index contributed by atoms with van der Waals surface area (Å²) >= 11 is 0. The van der Waals surface area contributed by atoms with Gasteiger partial charge in [0.05, 0.1) is 17.0 Å². The number of hydrogen-bond acceptors (Lipinski definition) is 4. The highest BCUT2D eigenvalue weighted by Crippen LogP contribution is 2.38. The molecule has 0 amide bonds. The van der Waals surface area contributed by atoms with Gasteiger partial charge in [-0.05, 0) is 49.0 Å². The lowest BCUT2D eigenvalue weighted by Gasteiger charge is -2.26. The molecule has 2 heterocycles. The predicted molar refractivity (Wildman–Crippen MR) is 130 cm³/mol. The number of carbonyl (C=O) groups excluding carboxylic acids is 2. The van der Waals surface area contributed by atoms with Crippen molar-refractivity contribution in [3.8, 4) is 0 Å². The van der Waals surface area contributed by atoms with E-state index in [0.717, 1.165) is 38.1 Å². The summed E-state index contributed by atoms with van der Waals surface area (Å²) in [6.45, 7) is 7.77. The number of aromatic nitrogens is 1. The van der Waals surface area contributed by atoms with Crippen LogP contribution < -0.4 is 5.56 Å². The maximum atomic E-state index is 13.5. The lowest BCUT2D eigenvalue weighted by atomic mass is 9.84. The van der Waals surface area contributed by atoms with E-state index in [-0.39, 0.29) is 30.0 Å². The zero-order chi connectivity index (χ0) is 28.6. The van der Waals surface area contributed by atoms with Gasteiger partial charge in [0.25, 0.3) is 5.56 Å². The van der Waals surface area contributed by atoms with Crippen LogP contribution >= 0.6 is 0 Å². The first kappa shape index (κ1) is 31.8. The quantitative estimate of drug-likeness (QED) is 0.316. The molecular formula is C26H30F6N2O3. The minimum Gasteiger partial charge on any atom is -0.307 e. The summed E-state index contributed by atoms with van der Waals surface area (Å²) in [5.41, 5.74) is -1.08. The Hall–Kier alpha value is -3.24. The Morgan fingerprint density at radius 2 is 1.65 bits per heavy atom. The molecule has 1 atom stereocenters. The lowest BCUT2D eigenvalue weighted by molar-refractivity contribution is -0.143. The van der Waals surface area contributed by atoms with Gasteiger partial charge in [-0.3, -0.25) is 9.79 Å². The van der Waals surface area contributed by atoms with Crippen LogP contribution in [0.25, 0.3) is 0 Å². The van der Waals surface area contributed by atoms with Crippen molar-refractivity contribution in [1.82, 2.24) is 4.57 Å². The molecule has 0 spiro atoms. The number of rotatable bonds is 5. The molecule has 1 aliphatic heterocycles. The van der Waals surface area contributed by atoms with Crippen LogP contribution in [0.15, 0.2) is 50.8 Å². The van der Waals surface area contributed by atoms with Crippen molar-refractivity contribution in [1.29, 1.82) is 0 Å². The standard InChI is InChI=1S/C24H26F6N2O.2CH2O/c1-4-5-6-8-15-12-16(23(25,26)27)9-7-10-17(15)21-14(2)11-18-19(31-21)13-20(24(28,29)30)32(3)22(18)33;2*1-2/h9-10,12-14H,4-8,11H2,1-3H3;2*1H2. The van der Waals surface area contributed by atoms with Gasteiger partial charge >= 0.3 is 12.4 Å². The van der Waals surface area contributed by atoms with Gasteiger partial charge < -0.3 is 14.2 Å². The van der Waals surface area contributed by atoms with Gasteiger partial charge in [-0.1, -0.05) is 38.8 Å². The molecule has 0 N–H and O–H groups in total. The van der Waals surface area contributed by atoms with Crippen molar-refractivity contribution in [3.63, 3.8) is 0 Å². The Kier molecular flexibility index (Phi) is 11.5. The van der Waals surface area contributed by atoms with Gasteiger partial charge in [0.1, 0.15) is 19.3 Å². The third-order valence-corrected chi connectivity index (χ3v) is 6.00. The second-order valence-electron chi connectivity index (χ2n) is 8.49. The van der Waals surface area contributed by atoms with E-state index in [1.54, 1.807) is 13.0 Å². The number of hydrogen-bond donors (Lipinski definition) is 0. The van der Waals surface area contributed by atoms with Crippen LogP contribution in [0.1, 0.15) is 57.2 Å². The molecule has 0 radical (unpaired) electrons. The van der Waals surface area contributed by atoms with Gasteiger partial charge in [-0.15, -0.1) is 0 Å². The number of allylic oxidation sites excluding steroid dienone is 6. The van der Waals surface area contributed by atoms with Crippen LogP contribution in [-0.2, 0) is 29.2 Å². The van der Waals surface area contributed by atoms with Gasteiger partial charge in [-0.2, -0.15) is 26.3 Å². The number of nitrogens with zero attached hydrogens (tertiary/aromatic N) is 2. The summed E-state index contributed by atoms with van der Waals surface area (Å²) in [4.78, 5) is 33.0. The molecule has 0 aromatic carbocycles. The van der Waals surface area contributed by atoms with E-state index in [0.29, 0.717) is 34.3 Å². The number of aliphatic imine (C=N–C) groups is 1. The largest absolute Gasteiger partial charge is 0.431 e. The maximum Gasteiger partial charge on any atom is 0.431 e. The second-order valence-corrected chi connectivity index (χ2v) is 8.49. The minimum absolute atomic E-state index is 0.0287. The van der Waals surface area contributed by atoms with E-state index < -0.39 is 29.2 Å². The van der Waals surface area contributed by atoms with E-state index in [4.69, 9.17) is 9.59 Å². The summed E-state index contributed by atoms with van der Waals surface area (Å²) in [7, 11) is 1.07. The second kappa shape index (κ2) is 13.3. The van der Waals surface area contributed by atoms with Gasteiger partial charge in [0, 0.05) is 18.5 Å². The van der Waals surface area contributed by atoms with Crippen LogP contribution in [0.3, 0.4) is 0 Å². The van der Waals surface area contributed by atoms with E-state index in [2.05, 4.69) is 4.99 Å². The molecule has 0 saturated carbocycles. The summed E-state index contributed by atoms with van der Waals surface area (Å²) < 4.78 is 81.2. The van der Waals surface area contributed by atoms with Crippen LogP contribution in [0.4, 0.5) is 32.0 Å². The number of carbonyl (C=O) groups is 2. The number of alkyl halides is 6. The molecule has 3 rings (SSSR count). The Morgan fingerprint density at radius 1 is 1.03 bits per heavy atom. The first-order valence-electron chi connectivity index (χ1n) is 11.5. The fourth-order valence-electron chi connectivity index (χ4n) is 4.27. The van der Waals surface area contributed by atoms with Crippen molar-refractivity contribution in [2.75, 3.05) is 0 Å². The van der Waals surface area contributed by atoms with Crippen molar-refractivity contribution in [2.45, 2.75) is 64.7 Å². The van der Waals surface area contributed by atoms with Crippen molar-refractivity contribution >= 4 is 25.0 Å². The summed E-state index contributed by atoms with van der Waals surface area (Å²) in [5.74, 6) is -0.338. The fourth-order valence-corrected chi connectivity index (χ4v) is 4.27. The predicted octanol–water partition coefficient (Wildman–Crippen LogP) is 6.62. The highest BCUT2D eigenvalue weighted by molar-refractivity contribution is 6.07. The highest BCUT2D eigenvalue weighted by Gasteiger charge is 2.37. The Balaban J connectivity index is 0.00000163. The van der Waals surface area contributed by atoms with Gasteiger partial charge in [-0.25, -0.2) is 0 Å². The Bertz CT molecular complexity index is 1140. The zero-order valence-electron chi connectivity index (χ0n) is 20.9. The molecule has 0 fully saturated rings. The highest BCUT2D eigenvalue weighted by atomic mass is 19.4. The number of unbranched alkanes of at least 4 members (excludes halogenated alkanes) is 2. The average molecular weight is 533 g/mol. The minimum atomic E-state index is -4.74. The number of fused-ring (bicyclic) bond motifs is 1. The third-order valence-electron chi connectivity index (χ3n) is 6.00. The van der Waals surface area contributed by atoms with E-state index in [1.165, 1.54) is 0 Å². The van der Waals surface area contributed by atoms with Crippen molar-refractivity contribution < 1.29 is 35.9 Å². The van der Waals surface area contributed by atoms with Gasteiger partial charge in [0.15, 0.2) is 0 Å². The van der Waals surface area contributed by atoms with E-state index in [1.807, 2.05) is 20.5 Å². The summed E-state index contributed by atoms with van der Waals surface area (Å²) in [6, 6.07) is 0.847. The maximum absolute atomic E-state index is 13.5. The van der Waals surface area contributed by atoms with E-state index in [9.17, 15) is 31.1 Å². The van der Waals surface area contributed by atoms with Crippen molar-refractivity contribution in [2.24, 2.45) is 18.0 Å². The van der Waals surface area contributed by atoms with Crippen molar-refractivity contribution in [3.05, 3.63) is 62.6 Å². The summed E-state index contributed by atoms with van der Waals surface area (Å²) in [6.07, 6.45) is -2.34. The molecule has 5 nitrogen and oxygen atoms in total. The smallest absolute Gasteiger partial charge is 0.307 e. The normalized spacial score (nSPS) is 17.4. The molecule has 1 unspecified atom stereocenters. The fraction of sp³-hybridized carbons (Fsp3) is 0.462. The SMILES string of the molecule is C=O.C=O.CCCCCC1=CC(C(F)(F)F)=CCC=C1C1=Nc2cc(C(F)(F)F)n(C)c(=O)c2CC1C. The van der Waals surface area contributed by atoms with Crippen LogP contribution in [-0.4, -0.2) is 30.0 Å². The Labute approximate surface area is 211 Å². The molecule has 0 bridgehead atoms. The molecular weight excluding hydrogens is 502 g/mol. The molecule has 1 aromatic rings. The van der Waals surface area contributed by atoms with Crippen LogP contribution in [0.5, 0.6) is 0 Å². The monoisotopic (exact) mass is 532 g/mol. The number of pyridine rings is 1. The molecule has 0 saturated heterocycles. The first-order chi connectivity index (χ1) is 17.3. The average Bonchev–Trinajstić information content (AvgIpc) is 3.06.